The standard InChI is InChI=1S/C19H21N3O2S/c1-12-6-3-4-7-15(12)17-20-10-14(25-17)11-22-13(2)18(23)21-9-5-8-16(21)19(22)24/h3-4,6-7,10,13,16H,5,8-9,11H2,1-2H3/t13-,16+/m0/s1. The Hall–Kier alpha value is -2.21. The number of hydrogen-bond acceptors (Lipinski definition) is 4. The molecule has 0 spiro atoms. The Balaban J connectivity index is 1.57. The number of nitrogens with zero attached hydrogens (tertiary/aromatic N) is 3. The number of aryl methyl sites for hydroxylation is 1. The summed E-state index contributed by atoms with van der Waals surface area (Å²) in [6, 6.07) is 7.50. The van der Waals surface area contributed by atoms with Crippen molar-refractivity contribution in [3.05, 3.63) is 40.9 Å². The van der Waals surface area contributed by atoms with Crippen LogP contribution in [0.3, 0.4) is 0 Å². The summed E-state index contributed by atoms with van der Waals surface area (Å²) in [4.78, 5) is 34.4. The van der Waals surface area contributed by atoms with Crippen LogP contribution < -0.4 is 0 Å². The van der Waals surface area contributed by atoms with Crippen molar-refractivity contribution in [2.45, 2.75) is 45.3 Å². The minimum atomic E-state index is -0.397. The zero-order valence-electron chi connectivity index (χ0n) is 14.4. The van der Waals surface area contributed by atoms with Crippen molar-refractivity contribution in [3.63, 3.8) is 0 Å². The molecule has 2 aliphatic heterocycles. The lowest BCUT2D eigenvalue weighted by Crippen LogP contribution is -2.61. The van der Waals surface area contributed by atoms with E-state index in [0.29, 0.717) is 13.1 Å². The van der Waals surface area contributed by atoms with Gasteiger partial charge in [-0.2, -0.15) is 0 Å². The highest BCUT2D eigenvalue weighted by Gasteiger charge is 2.45. The first-order valence-electron chi connectivity index (χ1n) is 8.68. The SMILES string of the molecule is Cc1ccccc1-c1ncc(CN2C(=O)[C@H]3CCCN3C(=O)[C@@H]2C)s1. The van der Waals surface area contributed by atoms with Gasteiger partial charge in [0, 0.05) is 23.2 Å². The van der Waals surface area contributed by atoms with Gasteiger partial charge < -0.3 is 9.80 Å². The van der Waals surface area contributed by atoms with Crippen molar-refractivity contribution in [1.82, 2.24) is 14.8 Å². The van der Waals surface area contributed by atoms with E-state index in [2.05, 4.69) is 24.0 Å². The minimum Gasteiger partial charge on any atom is -0.329 e. The van der Waals surface area contributed by atoms with E-state index < -0.39 is 6.04 Å². The highest BCUT2D eigenvalue weighted by atomic mass is 32.1. The number of aromatic nitrogens is 1. The maximum absolute atomic E-state index is 12.8. The molecule has 0 radical (unpaired) electrons. The third-order valence-corrected chi connectivity index (χ3v) is 6.20. The molecule has 3 heterocycles. The van der Waals surface area contributed by atoms with Crippen molar-refractivity contribution in [3.8, 4) is 10.6 Å². The Morgan fingerprint density at radius 1 is 1.24 bits per heavy atom. The first kappa shape index (κ1) is 16.3. The Labute approximate surface area is 151 Å². The number of rotatable bonds is 3. The quantitative estimate of drug-likeness (QED) is 0.851. The van der Waals surface area contributed by atoms with Gasteiger partial charge in [0.1, 0.15) is 17.1 Å². The van der Waals surface area contributed by atoms with Crippen LogP contribution in [0.2, 0.25) is 0 Å². The molecule has 2 aromatic rings. The molecule has 1 aromatic heterocycles. The highest BCUT2D eigenvalue weighted by molar-refractivity contribution is 7.15. The van der Waals surface area contributed by atoms with E-state index in [9.17, 15) is 9.59 Å². The van der Waals surface area contributed by atoms with E-state index in [1.807, 2.05) is 25.3 Å². The van der Waals surface area contributed by atoms with Crippen LogP contribution in [0, 0.1) is 6.92 Å². The molecule has 5 nitrogen and oxygen atoms in total. The number of amides is 2. The van der Waals surface area contributed by atoms with Gasteiger partial charge in [-0.05, 0) is 32.3 Å². The van der Waals surface area contributed by atoms with E-state index in [1.54, 1.807) is 21.1 Å². The fraction of sp³-hybridized carbons (Fsp3) is 0.421. The topological polar surface area (TPSA) is 53.5 Å². The van der Waals surface area contributed by atoms with E-state index in [1.165, 1.54) is 5.56 Å². The maximum atomic E-state index is 12.8. The van der Waals surface area contributed by atoms with Crippen molar-refractivity contribution in [2.75, 3.05) is 6.54 Å². The molecule has 25 heavy (non-hydrogen) atoms. The highest BCUT2D eigenvalue weighted by Crippen LogP contribution is 2.31. The summed E-state index contributed by atoms with van der Waals surface area (Å²) >= 11 is 1.59. The molecular formula is C19H21N3O2S. The van der Waals surface area contributed by atoms with E-state index >= 15 is 0 Å². The van der Waals surface area contributed by atoms with Crippen LogP contribution in [0.4, 0.5) is 0 Å². The van der Waals surface area contributed by atoms with Crippen molar-refractivity contribution >= 4 is 23.2 Å². The van der Waals surface area contributed by atoms with E-state index in [0.717, 1.165) is 28.3 Å². The van der Waals surface area contributed by atoms with Gasteiger partial charge in [-0.15, -0.1) is 11.3 Å². The Morgan fingerprint density at radius 2 is 2.04 bits per heavy atom. The van der Waals surface area contributed by atoms with Crippen LogP contribution in [0.5, 0.6) is 0 Å². The molecule has 2 amide bonds. The summed E-state index contributed by atoms with van der Waals surface area (Å²) in [5, 5.41) is 0.957. The average molecular weight is 355 g/mol. The molecule has 0 N–H and O–H groups in total. The third kappa shape index (κ3) is 2.74. The van der Waals surface area contributed by atoms with E-state index in [4.69, 9.17) is 0 Å². The van der Waals surface area contributed by atoms with Crippen LogP contribution in [0.25, 0.3) is 10.6 Å². The van der Waals surface area contributed by atoms with Gasteiger partial charge in [0.25, 0.3) is 0 Å². The monoisotopic (exact) mass is 355 g/mol. The molecule has 2 atom stereocenters. The lowest BCUT2D eigenvalue weighted by molar-refractivity contribution is -0.159. The van der Waals surface area contributed by atoms with Crippen LogP contribution >= 0.6 is 11.3 Å². The molecule has 4 rings (SSSR count). The van der Waals surface area contributed by atoms with Crippen molar-refractivity contribution in [1.29, 1.82) is 0 Å². The van der Waals surface area contributed by atoms with Gasteiger partial charge in [-0.1, -0.05) is 24.3 Å². The molecule has 1 aromatic carbocycles. The molecule has 2 fully saturated rings. The first-order chi connectivity index (χ1) is 12.1. The first-order valence-corrected chi connectivity index (χ1v) is 9.49. The normalized spacial score (nSPS) is 23.3. The number of carbonyl (C=O) groups excluding carboxylic acids is 2. The molecule has 2 saturated heterocycles. The van der Waals surface area contributed by atoms with Crippen molar-refractivity contribution < 1.29 is 9.59 Å². The van der Waals surface area contributed by atoms with Gasteiger partial charge in [0.15, 0.2) is 0 Å². The molecule has 0 bridgehead atoms. The molecule has 0 aliphatic carbocycles. The zero-order valence-corrected chi connectivity index (χ0v) is 15.3. The second-order valence-corrected chi connectivity index (χ2v) is 7.89. The molecule has 0 saturated carbocycles. The third-order valence-electron chi connectivity index (χ3n) is 5.18. The number of hydrogen-bond donors (Lipinski definition) is 0. The molecular weight excluding hydrogens is 334 g/mol. The lowest BCUT2D eigenvalue weighted by Gasteiger charge is -2.40. The summed E-state index contributed by atoms with van der Waals surface area (Å²) in [6.45, 7) is 5.07. The summed E-state index contributed by atoms with van der Waals surface area (Å²) in [6.07, 6.45) is 3.53. The predicted molar refractivity (Wildman–Crippen MR) is 97.0 cm³/mol. The Bertz CT molecular complexity index is 832. The lowest BCUT2D eigenvalue weighted by atomic mass is 10.1. The van der Waals surface area contributed by atoms with E-state index in [-0.39, 0.29) is 17.9 Å². The van der Waals surface area contributed by atoms with Crippen LogP contribution in [0.1, 0.15) is 30.2 Å². The van der Waals surface area contributed by atoms with Gasteiger partial charge in [0.2, 0.25) is 11.8 Å². The predicted octanol–water partition coefficient (Wildman–Crippen LogP) is 2.84. The van der Waals surface area contributed by atoms with Gasteiger partial charge in [-0.3, -0.25) is 9.59 Å². The fourth-order valence-electron chi connectivity index (χ4n) is 3.74. The van der Waals surface area contributed by atoms with Crippen molar-refractivity contribution in [2.24, 2.45) is 0 Å². The summed E-state index contributed by atoms with van der Waals surface area (Å²) < 4.78 is 0. The maximum Gasteiger partial charge on any atom is 0.246 e. The Kier molecular flexibility index (Phi) is 4.07. The van der Waals surface area contributed by atoms with Crippen LogP contribution in [-0.2, 0) is 16.1 Å². The number of piperazine rings is 1. The molecule has 2 aliphatic rings. The summed E-state index contributed by atoms with van der Waals surface area (Å²) in [5.74, 6) is 0.154. The number of carbonyl (C=O) groups is 2. The minimum absolute atomic E-state index is 0.0748. The second kappa shape index (κ2) is 6.26. The second-order valence-electron chi connectivity index (χ2n) is 6.78. The van der Waals surface area contributed by atoms with Gasteiger partial charge >= 0.3 is 0 Å². The summed E-state index contributed by atoms with van der Waals surface area (Å²) in [5.41, 5.74) is 2.30. The zero-order chi connectivity index (χ0) is 17.6. The molecule has 6 heteroatoms. The molecule has 130 valence electrons. The average Bonchev–Trinajstić information content (AvgIpc) is 3.27. The number of thiazole rings is 1. The fourth-order valence-corrected chi connectivity index (χ4v) is 4.75. The largest absolute Gasteiger partial charge is 0.329 e. The Morgan fingerprint density at radius 3 is 2.84 bits per heavy atom. The number of benzene rings is 1. The molecule has 0 unspecified atom stereocenters. The van der Waals surface area contributed by atoms with Crippen LogP contribution in [0.15, 0.2) is 30.5 Å². The summed E-state index contributed by atoms with van der Waals surface area (Å²) in [7, 11) is 0. The van der Waals surface area contributed by atoms with Gasteiger partial charge in [-0.25, -0.2) is 4.98 Å². The number of fused-ring (bicyclic) bond motifs is 1. The van der Waals surface area contributed by atoms with Crippen LogP contribution in [-0.4, -0.2) is 45.2 Å². The van der Waals surface area contributed by atoms with Gasteiger partial charge in [0.05, 0.1) is 6.54 Å². The smallest absolute Gasteiger partial charge is 0.246 e.